The van der Waals surface area contributed by atoms with Crippen molar-refractivity contribution >= 4 is 43.2 Å². The summed E-state index contributed by atoms with van der Waals surface area (Å²) in [5.74, 6) is 0.0884. The van der Waals surface area contributed by atoms with Crippen molar-refractivity contribution in [1.82, 2.24) is 9.21 Å². The summed E-state index contributed by atoms with van der Waals surface area (Å²) < 4.78 is 27.9. The molecule has 2 aromatic rings. The highest BCUT2D eigenvalue weighted by atomic mass is 79.9. The molecule has 3 rings (SSSR count). The molecular weight excluding hydrogens is 448 g/mol. The minimum Gasteiger partial charge on any atom is -0.340 e. The Morgan fingerprint density at radius 3 is 2.22 bits per heavy atom. The third-order valence-corrected chi connectivity index (χ3v) is 8.78. The second kappa shape index (κ2) is 8.86. The molecule has 27 heavy (non-hydrogen) atoms. The van der Waals surface area contributed by atoms with Gasteiger partial charge in [0, 0.05) is 32.6 Å². The van der Waals surface area contributed by atoms with Gasteiger partial charge in [0.15, 0.2) is 0 Å². The van der Waals surface area contributed by atoms with Gasteiger partial charge < -0.3 is 4.90 Å². The lowest BCUT2D eigenvalue weighted by Crippen LogP contribution is -2.50. The fraction of sp³-hybridized carbons (Fsp3) is 0.421. The van der Waals surface area contributed by atoms with Crippen LogP contribution in [-0.2, 0) is 27.7 Å². The summed E-state index contributed by atoms with van der Waals surface area (Å²) in [7, 11) is -3.47. The number of piperazine rings is 1. The average molecular weight is 471 g/mol. The van der Waals surface area contributed by atoms with E-state index < -0.39 is 10.0 Å². The third-order valence-electron chi connectivity index (χ3n) is 4.79. The van der Waals surface area contributed by atoms with Gasteiger partial charge in [-0.05, 0) is 52.0 Å². The summed E-state index contributed by atoms with van der Waals surface area (Å²) in [5.41, 5.74) is 2.45. The van der Waals surface area contributed by atoms with E-state index in [0.717, 1.165) is 15.8 Å². The van der Waals surface area contributed by atoms with E-state index in [-0.39, 0.29) is 5.91 Å². The minimum absolute atomic E-state index is 0.0884. The summed E-state index contributed by atoms with van der Waals surface area (Å²) in [4.78, 5) is 14.3. The number of halogens is 1. The van der Waals surface area contributed by atoms with Crippen LogP contribution in [0.4, 0.5) is 0 Å². The highest BCUT2D eigenvalue weighted by Gasteiger charge is 2.30. The Labute approximate surface area is 173 Å². The van der Waals surface area contributed by atoms with Crippen LogP contribution in [-0.4, -0.2) is 49.7 Å². The van der Waals surface area contributed by atoms with Crippen molar-refractivity contribution < 1.29 is 13.2 Å². The normalized spacial score (nSPS) is 15.9. The van der Waals surface area contributed by atoms with Crippen molar-refractivity contribution in [2.45, 2.75) is 30.4 Å². The quantitative estimate of drug-likeness (QED) is 0.648. The first-order valence-corrected chi connectivity index (χ1v) is 12.1. The first-order valence-electron chi connectivity index (χ1n) is 9.01. The number of sulfonamides is 1. The van der Waals surface area contributed by atoms with E-state index in [1.807, 2.05) is 0 Å². The molecule has 146 valence electrons. The lowest BCUT2D eigenvalue weighted by atomic mass is 10.1. The predicted octanol–water partition coefficient (Wildman–Crippen LogP) is 3.54. The molecule has 0 spiro atoms. The van der Waals surface area contributed by atoms with E-state index in [1.54, 1.807) is 17.0 Å². The van der Waals surface area contributed by atoms with E-state index in [9.17, 15) is 13.2 Å². The van der Waals surface area contributed by atoms with Gasteiger partial charge in [0.1, 0.15) is 4.21 Å². The van der Waals surface area contributed by atoms with Gasteiger partial charge in [0.2, 0.25) is 5.91 Å². The van der Waals surface area contributed by atoms with Crippen molar-refractivity contribution in [3.05, 3.63) is 51.3 Å². The van der Waals surface area contributed by atoms with Crippen molar-refractivity contribution in [2.75, 3.05) is 26.2 Å². The van der Waals surface area contributed by atoms with Crippen LogP contribution in [0.25, 0.3) is 0 Å². The summed E-state index contributed by atoms with van der Waals surface area (Å²) >= 11 is 4.51. The Bertz CT molecular complexity index is 886. The van der Waals surface area contributed by atoms with E-state index >= 15 is 0 Å². The Morgan fingerprint density at radius 2 is 1.67 bits per heavy atom. The number of hydrogen-bond donors (Lipinski definition) is 0. The van der Waals surface area contributed by atoms with Gasteiger partial charge in [-0.15, -0.1) is 11.3 Å². The van der Waals surface area contributed by atoms with Crippen LogP contribution < -0.4 is 0 Å². The molecule has 0 unspecified atom stereocenters. The molecule has 0 N–H and O–H groups in total. The van der Waals surface area contributed by atoms with Gasteiger partial charge in [-0.1, -0.05) is 31.2 Å². The monoisotopic (exact) mass is 470 g/mol. The van der Waals surface area contributed by atoms with Gasteiger partial charge in [-0.2, -0.15) is 4.31 Å². The number of benzene rings is 1. The van der Waals surface area contributed by atoms with Crippen molar-refractivity contribution in [2.24, 2.45) is 0 Å². The first kappa shape index (κ1) is 20.5. The Balaban J connectivity index is 1.51. The maximum atomic E-state index is 12.7. The van der Waals surface area contributed by atoms with Gasteiger partial charge in [0.05, 0.1) is 3.79 Å². The zero-order valence-electron chi connectivity index (χ0n) is 15.2. The zero-order chi connectivity index (χ0) is 19.4. The number of thiophene rings is 1. The van der Waals surface area contributed by atoms with Gasteiger partial charge in [0.25, 0.3) is 10.0 Å². The molecule has 0 saturated carbocycles. The molecule has 0 atom stereocenters. The smallest absolute Gasteiger partial charge is 0.252 e. The highest BCUT2D eigenvalue weighted by Crippen LogP contribution is 2.29. The molecule has 0 aliphatic carbocycles. The molecule has 8 heteroatoms. The molecule has 1 saturated heterocycles. The van der Waals surface area contributed by atoms with Crippen LogP contribution in [0.15, 0.2) is 44.4 Å². The van der Waals surface area contributed by atoms with E-state index in [1.165, 1.54) is 21.2 Å². The third kappa shape index (κ3) is 4.99. The number of aryl methyl sites for hydroxylation is 2. The minimum atomic E-state index is -3.47. The lowest BCUT2D eigenvalue weighted by molar-refractivity contribution is -0.132. The van der Waals surface area contributed by atoms with Gasteiger partial charge >= 0.3 is 0 Å². The molecule has 1 aliphatic heterocycles. The van der Waals surface area contributed by atoms with Crippen LogP contribution in [0.2, 0.25) is 0 Å². The molecule has 1 amide bonds. The average Bonchev–Trinajstić information content (AvgIpc) is 3.14. The summed E-state index contributed by atoms with van der Waals surface area (Å²) in [6.07, 6.45) is 2.18. The standard InChI is InChI=1S/C19H23BrN2O3S2/c1-2-15-3-5-16(6-4-15)7-9-18(23)21-11-13-22(14-12-21)27(24,25)19-10-8-17(20)26-19/h3-6,8,10H,2,7,9,11-14H2,1H3. The number of hydrogen-bond acceptors (Lipinski definition) is 4. The van der Waals surface area contributed by atoms with Gasteiger partial charge in [-0.25, -0.2) is 8.42 Å². The van der Waals surface area contributed by atoms with Crippen molar-refractivity contribution in [1.29, 1.82) is 0 Å². The second-order valence-electron chi connectivity index (χ2n) is 6.51. The Kier molecular flexibility index (Phi) is 6.73. The van der Waals surface area contributed by atoms with Gasteiger partial charge in [-0.3, -0.25) is 4.79 Å². The van der Waals surface area contributed by atoms with Crippen molar-refractivity contribution in [3.8, 4) is 0 Å². The summed E-state index contributed by atoms with van der Waals surface area (Å²) in [6, 6.07) is 11.7. The fourth-order valence-electron chi connectivity index (χ4n) is 3.09. The number of rotatable bonds is 6. The van der Waals surface area contributed by atoms with Crippen LogP contribution in [0.5, 0.6) is 0 Å². The molecule has 5 nitrogen and oxygen atoms in total. The number of carbonyl (C=O) groups is 1. The fourth-order valence-corrected chi connectivity index (χ4v) is 6.68. The number of nitrogens with zero attached hydrogens (tertiary/aromatic N) is 2. The van der Waals surface area contributed by atoms with E-state index in [2.05, 4.69) is 47.1 Å². The molecule has 1 aliphatic rings. The lowest BCUT2D eigenvalue weighted by Gasteiger charge is -2.33. The van der Waals surface area contributed by atoms with Crippen LogP contribution in [0.1, 0.15) is 24.5 Å². The van der Waals surface area contributed by atoms with Crippen LogP contribution in [0, 0.1) is 0 Å². The zero-order valence-corrected chi connectivity index (χ0v) is 18.4. The maximum absolute atomic E-state index is 12.7. The molecule has 0 bridgehead atoms. The molecule has 1 aromatic carbocycles. The molecule has 1 fully saturated rings. The second-order valence-corrected chi connectivity index (χ2v) is 11.1. The molecule has 0 radical (unpaired) electrons. The summed E-state index contributed by atoms with van der Waals surface area (Å²) in [6.45, 7) is 3.69. The number of amides is 1. The predicted molar refractivity (Wildman–Crippen MR) is 111 cm³/mol. The Hall–Kier alpha value is -1.22. The largest absolute Gasteiger partial charge is 0.340 e. The topological polar surface area (TPSA) is 57.7 Å². The highest BCUT2D eigenvalue weighted by molar-refractivity contribution is 9.11. The van der Waals surface area contributed by atoms with Crippen molar-refractivity contribution in [3.63, 3.8) is 0 Å². The Morgan fingerprint density at radius 1 is 1.04 bits per heavy atom. The van der Waals surface area contributed by atoms with Crippen LogP contribution in [0.3, 0.4) is 0 Å². The molecular formula is C19H23BrN2O3S2. The van der Waals surface area contributed by atoms with E-state index in [4.69, 9.17) is 0 Å². The number of carbonyl (C=O) groups excluding carboxylic acids is 1. The first-order chi connectivity index (χ1) is 12.9. The molecule has 2 heterocycles. The molecule has 1 aromatic heterocycles. The maximum Gasteiger partial charge on any atom is 0.252 e. The SMILES string of the molecule is CCc1ccc(CCC(=O)N2CCN(S(=O)(=O)c3ccc(Br)s3)CC2)cc1. The van der Waals surface area contributed by atoms with Crippen LogP contribution >= 0.6 is 27.3 Å². The summed E-state index contributed by atoms with van der Waals surface area (Å²) in [5, 5.41) is 0. The van der Waals surface area contributed by atoms with E-state index in [0.29, 0.717) is 43.2 Å².